The summed E-state index contributed by atoms with van der Waals surface area (Å²) in [7, 11) is -3.84. The number of nitrogens with one attached hydrogen (secondary N) is 2. The van der Waals surface area contributed by atoms with Crippen molar-refractivity contribution >= 4 is 27.9 Å². The molecule has 1 atom stereocenters. The molecule has 0 radical (unpaired) electrons. The summed E-state index contributed by atoms with van der Waals surface area (Å²) in [5.41, 5.74) is 0. The van der Waals surface area contributed by atoms with E-state index in [1.165, 1.54) is 0 Å². The molecule has 17 heavy (non-hydrogen) atoms. The van der Waals surface area contributed by atoms with Crippen LogP contribution in [0.15, 0.2) is 0 Å². The molecule has 0 saturated heterocycles. The first-order valence-electron chi connectivity index (χ1n) is 5.35. The minimum atomic E-state index is -3.84. The first kappa shape index (κ1) is 16.5. The van der Waals surface area contributed by atoms with E-state index in [9.17, 15) is 13.2 Å². The summed E-state index contributed by atoms with van der Waals surface area (Å²) in [6.07, 6.45) is -0.0637. The molecule has 0 spiro atoms. The highest BCUT2D eigenvalue weighted by Gasteiger charge is 2.15. The van der Waals surface area contributed by atoms with Crippen molar-refractivity contribution in [2.75, 3.05) is 6.54 Å². The molecule has 0 rings (SSSR count). The van der Waals surface area contributed by atoms with Crippen LogP contribution in [0, 0.1) is 0 Å². The van der Waals surface area contributed by atoms with Gasteiger partial charge in [0.1, 0.15) is 0 Å². The number of alkyl halides is 1. The van der Waals surface area contributed by atoms with Gasteiger partial charge in [-0.2, -0.15) is 13.1 Å². The normalized spacial score (nSPS) is 13.5. The lowest BCUT2D eigenvalue weighted by Crippen LogP contribution is -2.41. The van der Waals surface area contributed by atoms with Gasteiger partial charge in [-0.15, -0.1) is 11.6 Å². The van der Waals surface area contributed by atoms with Gasteiger partial charge in [0.25, 0.3) is 0 Å². The number of ether oxygens (including phenoxy) is 1. The first-order valence-corrected chi connectivity index (χ1v) is 7.27. The summed E-state index contributed by atoms with van der Waals surface area (Å²) >= 11 is 5.70. The summed E-state index contributed by atoms with van der Waals surface area (Å²) in [5, 5.41) is -0.00151. The Morgan fingerprint density at radius 1 is 1.35 bits per heavy atom. The first-order chi connectivity index (χ1) is 7.73. The third-order valence-electron chi connectivity index (χ3n) is 1.63. The van der Waals surface area contributed by atoms with E-state index in [1.54, 1.807) is 18.6 Å². The lowest BCUT2D eigenvalue weighted by molar-refractivity contribution is 0.121. The second-order valence-electron chi connectivity index (χ2n) is 3.88. The van der Waals surface area contributed by atoms with Crippen molar-refractivity contribution < 1.29 is 17.9 Å². The van der Waals surface area contributed by atoms with Gasteiger partial charge in [-0.05, 0) is 33.6 Å². The molecule has 2 N–H and O–H groups in total. The van der Waals surface area contributed by atoms with Crippen LogP contribution in [0.4, 0.5) is 4.79 Å². The van der Waals surface area contributed by atoms with E-state index in [2.05, 4.69) is 9.46 Å². The van der Waals surface area contributed by atoms with Crippen LogP contribution in [0.3, 0.4) is 0 Å². The van der Waals surface area contributed by atoms with Crippen LogP contribution >= 0.6 is 11.6 Å². The van der Waals surface area contributed by atoms with Gasteiger partial charge in [0.05, 0.1) is 6.10 Å². The molecule has 0 aliphatic carbocycles. The smallest absolute Gasteiger partial charge is 0.422 e. The van der Waals surface area contributed by atoms with Crippen LogP contribution in [0.5, 0.6) is 0 Å². The van der Waals surface area contributed by atoms with E-state index < -0.39 is 16.3 Å². The molecule has 0 aromatic carbocycles. The Hall–Kier alpha value is -0.530. The molecule has 8 heteroatoms. The molecule has 1 unspecified atom stereocenters. The fourth-order valence-corrected chi connectivity index (χ4v) is 1.88. The van der Waals surface area contributed by atoms with Gasteiger partial charge in [-0.1, -0.05) is 0 Å². The van der Waals surface area contributed by atoms with Crippen LogP contribution in [-0.2, 0) is 14.9 Å². The predicted molar refractivity (Wildman–Crippen MR) is 66.2 cm³/mol. The lowest BCUT2D eigenvalue weighted by atomic mass is 10.2. The van der Waals surface area contributed by atoms with E-state index in [-0.39, 0.29) is 18.0 Å². The summed E-state index contributed by atoms with van der Waals surface area (Å²) in [5.74, 6) is 0. The molecule has 0 aromatic rings. The van der Waals surface area contributed by atoms with Crippen LogP contribution in [0.25, 0.3) is 0 Å². The topological polar surface area (TPSA) is 84.5 Å². The van der Waals surface area contributed by atoms with E-state index in [4.69, 9.17) is 11.6 Å². The fraction of sp³-hybridized carbons (Fsp3) is 0.889. The Kier molecular flexibility index (Phi) is 7.49. The second-order valence-corrected chi connectivity index (χ2v) is 6.12. The van der Waals surface area contributed by atoms with Crippen LogP contribution in [-0.4, -0.2) is 32.5 Å². The standard InChI is InChI=1S/C9H19ClN2O4S/c1-7(2)16-9(13)12-17(14,15)11-6-4-5-8(3)10/h7-8,11H,4-6H2,1-3H3,(H,12,13). The molecule has 6 nitrogen and oxygen atoms in total. The van der Waals surface area contributed by atoms with Crippen LogP contribution in [0.2, 0.25) is 0 Å². The Morgan fingerprint density at radius 2 is 1.94 bits per heavy atom. The van der Waals surface area contributed by atoms with E-state index in [0.717, 1.165) is 0 Å². The van der Waals surface area contributed by atoms with Gasteiger partial charge in [-0.3, -0.25) is 0 Å². The van der Waals surface area contributed by atoms with E-state index >= 15 is 0 Å². The zero-order chi connectivity index (χ0) is 13.5. The molecule has 102 valence electrons. The summed E-state index contributed by atoms with van der Waals surface area (Å²) in [6.45, 7) is 5.30. The number of hydrogen-bond acceptors (Lipinski definition) is 4. The third kappa shape index (κ3) is 10.3. The number of halogens is 1. The zero-order valence-electron chi connectivity index (χ0n) is 10.2. The summed E-state index contributed by atoms with van der Waals surface area (Å²) in [4.78, 5) is 11.0. The van der Waals surface area contributed by atoms with Crippen molar-refractivity contribution in [3.05, 3.63) is 0 Å². The molecule has 0 heterocycles. The highest BCUT2D eigenvalue weighted by molar-refractivity contribution is 7.88. The highest BCUT2D eigenvalue weighted by Crippen LogP contribution is 2.02. The molecule has 0 aliphatic heterocycles. The van der Waals surface area contributed by atoms with Gasteiger partial charge < -0.3 is 4.74 Å². The monoisotopic (exact) mass is 286 g/mol. The molecule has 0 bridgehead atoms. The minimum Gasteiger partial charge on any atom is -0.446 e. The molecular weight excluding hydrogens is 268 g/mol. The average Bonchev–Trinajstić information content (AvgIpc) is 2.09. The molecular formula is C9H19ClN2O4S. The van der Waals surface area contributed by atoms with Gasteiger partial charge in [0, 0.05) is 11.9 Å². The van der Waals surface area contributed by atoms with Crippen molar-refractivity contribution in [1.82, 2.24) is 9.44 Å². The maximum Gasteiger partial charge on any atom is 0.422 e. The van der Waals surface area contributed by atoms with Gasteiger partial charge in [0.15, 0.2) is 0 Å². The zero-order valence-corrected chi connectivity index (χ0v) is 11.8. The quantitative estimate of drug-likeness (QED) is 0.547. The highest BCUT2D eigenvalue weighted by atomic mass is 35.5. The van der Waals surface area contributed by atoms with Crippen molar-refractivity contribution in [2.24, 2.45) is 0 Å². The largest absolute Gasteiger partial charge is 0.446 e. The van der Waals surface area contributed by atoms with Crippen molar-refractivity contribution in [3.63, 3.8) is 0 Å². The van der Waals surface area contributed by atoms with Gasteiger partial charge >= 0.3 is 16.3 Å². The van der Waals surface area contributed by atoms with E-state index in [1.807, 2.05) is 6.92 Å². The third-order valence-corrected chi connectivity index (χ3v) is 2.87. The SMILES string of the molecule is CC(Cl)CCCNS(=O)(=O)NC(=O)OC(C)C. The van der Waals surface area contributed by atoms with E-state index in [0.29, 0.717) is 12.8 Å². The van der Waals surface area contributed by atoms with Crippen molar-refractivity contribution in [2.45, 2.75) is 45.1 Å². The Bertz CT molecular complexity index is 330. The maximum atomic E-state index is 11.3. The van der Waals surface area contributed by atoms with Crippen LogP contribution in [0.1, 0.15) is 33.6 Å². The lowest BCUT2D eigenvalue weighted by Gasteiger charge is -2.10. The number of rotatable bonds is 7. The number of hydrogen-bond donors (Lipinski definition) is 2. The Labute approximate surface area is 107 Å². The fourth-order valence-electron chi connectivity index (χ4n) is 0.974. The maximum absolute atomic E-state index is 11.3. The van der Waals surface area contributed by atoms with Crippen molar-refractivity contribution in [1.29, 1.82) is 0 Å². The van der Waals surface area contributed by atoms with Gasteiger partial charge in [0.2, 0.25) is 0 Å². The van der Waals surface area contributed by atoms with Crippen LogP contribution < -0.4 is 9.44 Å². The van der Waals surface area contributed by atoms with Gasteiger partial charge in [-0.25, -0.2) is 9.52 Å². The molecule has 0 aromatic heterocycles. The molecule has 0 saturated carbocycles. The summed E-state index contributed by atoms with van der Waals surface area (Å²) < 4.78 is 31.2. The molecule has 1 amide bonds. The second kappa shape index (κ2) is 7.73. The predicted octanol–water partition coefficient (Wildman–Crippen LogP) is 1.36. The number of carbonyl (C=O) groups excluding carboxylic acids is 1. The molecule has 0 fully saturated rings. The summed E-state index contributed by atoms with van der Waals surface area (Å²) in [6, 6.07) is 0. The number of carbonyl (C=O) groups is 1. The number of amides is 1. The minimum absolute atomic E-state index is 0.00151. The molecule has 0 aliphatic rings. The average molecular weight is 287 g/mol. The Morgan fingerprint density at radius 3 is 2.41 bits per heavy atom. The Balaban J connectivity index is 3.92. The van der Waals surface area contributed by atoms with Crippen molar-refractivity contribution in [3.8, 4) is 0 Å².